The molecule has 0 aromatic heterocycles. The van der Waals surface area contributed by atoms with Crippen LogP contribution in [0.5, 0.6) is 0 Å². The second-order valence-electron chi connectivity index (χ2n) is 4.19. The number of rotatable bonds is 4. The molecule has 7 nitrogen and oxygen atoms in total. The number of anilines is 1. The Kier molecular flexibility index (Phi) is 4.29. The third-order valence-corrected chi connectivity index (χ3v) is 2.71. The molecule has 0 amide bonds. The number of hydrazone groups is 1. The van der Waals surface area contributed by atoms with E-state index in [1.807, 2.05) is 24.3 Å². The molecular weight excluding hydrogens is 254 g/mol. The molecule has 1 aromatic carbocycles. The lowest BCUT2D eigenvalue weighted by Crippen LogP contribution is -2.30. The zero-order chi connectivity index (χ0) is 14.4. The third-order valence-electron chi connectivity index (χ3n) is 2.71. The van der Waals surface area contributed by atoms with E-state index >= 15 is 0 Å². The van der Waals surface area contributed by atoms with Crippen molar-refractivity contribution in [2.24, 2.45) is 15.8 Å². The van der Waals surface area contributed by atoms with Crippen molar-refractivity contribution in [2.75, 3.05) is 18.5 Å². The highest BCUT2D eigenvalue weighted by molar-refractivity contribution is 6.45. The highest BCUT2D eigenvalue weighted by Crippen LogP contribution is 2.11. The summed E-state index contributed by atoms with van der Waals surface area (Å²) < 4.78 is 0. The summed E-state index contributed by atoms with van der Waals surface area (Å²) in [6.07, 6.45) is 1.06. The summed E-state index contributed by atoms with van der Waals surface area (Å²) in [6, 6.07) is 9.22. The van der Waals surface area contributed by atoms with Crippen LogP contribution in [-0.2, 0) is 0 Å². The van der Waals surface area contributed by atoms with Crippen LogP contribution < -0.4 is 16.5 Å². The van der Waals surface area contributed by atoms with Crippen LogP contribution in [0.1, 0.15) is 12.0 Å². The van der Waals surface area contributed by atoms with E-state index in [0.29, 0.717) is 5.69 Å². The fourth-order valence-electron chi connectivity index (χ4n) is 1.69. The van der Waals surface area contributed by atoms with Crippen LogP contribution in [0.3, 0.4) is 0 Å². The van der Waals surface area contributed by atoms with Crippen LogP contribution in [0.15, 0.2) is 34.4 Å². The molecule has 1 heterocycles. The first kappa shape index (κ1) is 13.5. The van der Waals surface area contributed by atoms with Gasteiger partial charge in [0.25, 0.3) is 0 Å². The van der Waals surface area contributed by atoms with Gasteiger partial charge in [-0.05, 0) is 30.7 Å². The molecule has 1 aromatic rings. The van der Waals surface area contributed by atoms with Gasteiger partial charge in [0, 0.05) is 18.7 Å². The topological polar surface area (TPSA) is 122 Å². The van der Waals surface area contributed by atoms with Crippen molar-refractivity contribution >= 4 is 23.1 Å². The number of nitrogens with zero attached hydrogens (tertiary/aromatic N) is 3. The molecule has 102 valence electrons. The van der Waals surface area contributed by atoms with E-state index in [4.69, 9.17) is 16.4 Å². The smallest absolute Gasteiger partial charge is 0.201 e. The predicted octanol–water partition coefficient (Wildman–Crippen LogP) is 0.654. The standard InChI is InChI=1S/C13H15N7/c14-8-11(12(15)16)20-19-10-4-2-9(3-5-10)13-17-6-1-7-18-13/h2-5,19H,1,6-7H2,(H3,15,16)(H,17,18)/b20-11+. The number of hydrogen-bond acceptors (Lipinski definition) is 6. The Morgan fingerprint density at radius 3 is 2.75 bits per heavy atom. The fourth-order valence-corrected chi connectivity index (χ4v) is 1.69. The number of aliphatic imine (C=N–C) groups is 1. The molecule has 0 fully saturated rings. The number of hydrogen-bond donors (Lipinski definition) is 4. The molecule has 0 saturated heterocycles. The van der Waals surface area contributed by atoms with E-state index < -0.39 is 0 Å². The molecule has 0 saturated carbocycles. The Hall–Kier alpha value is -2.88. The lowest BCUT2D eigenvalue weighted by molar-refractivity contribution is 0.742. The van der Waals surface area contributed by atoms with E-state index in [2.05, 4.69) is 20.8 Å². The average Bonchev–Trinajstić information content (AvgIpc) is 2.49. The Morgan fingerprint density at radius 1 is 1.45 bits per heavy atom. The van der Waals surface area contributed by atoms with Crippen molar-refractivity contribution in [3.63, 3.8) is 0 Å². The van der Waals surface area contributed by atoms with Crippen molar-refractivity contribution in [2.45, 2.75) is 6.42 Å². The molecule has 0 radical (unpaired) electrons. The molecular formula is C13H15N7. The van der Waals surface area contributed by atoms with Crippen molar-refractivity contribution in [1.82, 2.24) is 5.32 Å². The van der Waals surface area contributed by atoms with Crippen LogP contribution >= 0.6 is 0 Å². The van der Waals surface area contributed by atoms with E-state index in [1.165, 1.54) is 0 Å². The Balaban J connectivity index is 2.07. The first-order chi connectivity index (χ1) is 9.70. The minimum Gasteiger partial charge on any atom is -0.382 e. The first-order valence-corrected chi connectivity index (χ1v) is 6.17. The summed E-state index contributed by atoms with van der Waals surface area (Å²) in [6.45, 7) is 1.78. The first-order valence-electron chi connectivity index (χ1n) is 6.17. The van der Waals surface area contributed by atoms with Gasteiger partial charge >= 0.3 is 0 Å². The van der Waals surface area contributed by atoms with Crippen LogP contribution in [0.25, 0.3) is 0 Å². The van der Waals surface area contributed by atoms with Crippen LogP contribution in [0.4, 0.5) is 5.69 Å². The van der Waals surface area contributed by atoms with Gasteiger partial charge in [0.15, 0.2) is 5.84 Å². The van der Waals surface area contributed by atoms with Gasteiger partial charge < -0.3 is 11.1 Å². The van der Waals surface area contributed by atoms with Crippen molar-refractivity contribution in [1.29, 1.82) is 10.7 Å². The van der Waals surface area contributed by atoms with Crippen molar-refractivity contribution in [3.8, 4) is 6.07 Å². The normalized spacial score (nSPS) is 14.8. The molecule has 1 aliphatic heterocycles. The summed E-state index contributed by atoms with van der Waals surface area (Å²) in [5, 5.41) is 22.9. The van der Waals surface area contributed by atoms with Gasteiger partial charge in [-0.15, -0.1) is 0 Å². The molecule has 0 atom stereocenters. The summed E-state index contributed by atoms with van der Waals surface area (Å²) in [4.78, 5) is 4.41. The van der Waals surface area contributed by atoms with Gasteiger partial charge in [0.1, 0.15) is 11.9 Å². The van der Waals surface area contributed by atoms with Crippen LogP contribution in [0.2, 0.25) is 0 Å². The zero-order valence-corrected chi connectivity index (χ0v) is 10.8. The van der Waals surface area contributed by atoms with Gasteiger partial charge in [0.2, 0.25) is 5.71 Å². The summed E-state index contributed by atoms with van der Waals surface area (Å²) in [5.41, 5.74) is 9.46. The lowest BCUT2D eigenvalue weighted by Gasteiger charge is -2.14. The van der Waals surface area contributed by atoms with E-state index in [-0.39, 0.29) is 11.5 Å². The number of benzene rings is 1. The Bertz CT molecular complexity index is 592. The van der Waals surface area contributed by atoms with Gasteiger partial charge in [-0.25, -0.2) is 0 Å². The van der Waals surface area contributed by atoms with Crippen molar-refractivity contribution < 1.29 is 0 Å². The second-order valence-corrected chi connectivity index (χ2v) is 4.19. The Morgan fingerprint density at radius 2 is 2.20 bits per heavy atom. The van der Waals surface area contributed by atoms with Gasteiger partial charge in [-0.2, -0.15) is 10.4 Å². The van der Waals surface area contributed by atoms with E-state index in [1.54, 1.807) is 6.07 Å². The monoisotopic (exact) mass is 269 g/mol. The number of nitrogens with two attached hydrogens (primary N) is 1. The summed E-state index contributed by atoms with van der Waals surface area (Å²) in [7, 11) is 0. The number of amidine groups is 2. The zero-order valence-electron chi connectivity index (χ0n) is 10.8. The fraction of sp³-hybridized carbons (Fsp3) is 0.231. The predicted molar refractivity (Wildman–Crippen MR) is 79.1 cm³/mol. The highest BCUT2D eigenvalue weighted by Gasteiger charge is 2.06. The molecule has 0 unspecified atom stereocenters. The minimum atomic E-state index is -0.364. The maximum absolute atomic E-state index is 8.72. The highest BCUT2D eigenvalue weighted by atomic mass is 15.3. The SMILES string of the molecule is N#C/C(=N\Nc1ccc(C2=NCCCN2)cc1)C(=N)N. The maximum Gasteiger partial charge on any atom is 0.201 e. The maximum atomic E-state index is 8.72. The molecule has 0 bridgehead atoms. The van der Waals surface area contributed by atoms with Crippen LogP contribution in [0, 0.1) is 16.7 Å². The molecule has 7 heteroatoms. The number of nitriles is 1. The minimum absolute atomic E-state index is 0.146. The quantitative estimate of drug-likeness (QED) is 0.364. The second kappa shape index (κ2) is 6.33. The average molecular weight is 269 g/mol. The van der Waals surface area contributed by atoms with E-state index in [9.17, 15) is 0 Å². The Labute approximate surface area is 116 Å². The van der Waals surface area contributed by atoms with Gasteiger partial charge in [-0.1, -0.05) is 0 Å². The molecule has 0 spiro atoms. The van der Waals surface area contributed by atoms with E-state index in [0.717, 1.165) is 30.9 Å². The molecule has 5 N–H and O–H groups in total. The molecule has 0 aliphatic carbocycles. The van der Waals surface area contributed by atoms with Crippen LogP contribution in [-0.4, -0.2) is 30.5 Å². The largest absolute Gasteiger partial charge is 0.382 e. The summed E-state index contributed by atoms with van der Waals surface area (Å²) >= 11 is 0. The molecule has 1 aliphatic rings. The van der Waals surface area contributed by atoms with Crippen molar-refractivity contribution in [3.05, 3.63) is 29.8 Å². The van der Waals surface area contributed by atoms with Gasteiger partial charge in [0.05, 0.1) is 5.69 Å². The summed E-state index contributed by atoms with van der Waals surface area (Å²) in [5.74, 6) is 0.533. The lowest BCUT2D eigenvalue weighted by atomic mass is 10.1. The third kappa shape index (κ3) is 3.32. The molecule has 2 rings (SSSR count). The van der Waals surface area contributed by atoms with Gasteiger partial charge in [-0.3, -0.25) is 15.8 Å². The molecule has 20 heavy (non-hydrogen) atoms. The number of nitrogens with one attached hydrogen (secondary N) is 3.